The van der Waals surface area contributed by atoms with Crippen LogP contribution in [0.25, 0.3) is 0 Å². The number of benzene rings is 3. The van der Waals surface area contributed by atoms with Crippen LogP contribution in [0.5, 0.6) is 5.75 Å². The number of carbonyl (C=O) groups is 1. The van der Waals surface area contributed by atoms with Gasteiger partial charge in [0.1, 0.15) is 12.4 Å². The lowest BCUT2D eigenvalue weighted by atomic mass is 9.76. The Morgan fingerprint density at radius 1 is 1.00 bits per heavy atom. The van der Waals surface area contributed by atoms with Crippen molar-refractivity contribution in [1.29, 1.82) is 0 Å². The summed E-state index contributed by atoms with van der Waals surface area (Å²) in [6.45, 7) is 0.548. The second-order valence-corrected chi connectivity index (χ2v) is 8.08. The normalized spacial score (nSPS) is 21.0. The fourth-order valence-corrected chi connectivity index (χ4v) is 4.74. The number of hydrogen-bond acceptors (Lipinski definition) is 4. The van der Waals surface area contributed by atoms with Gasteiger partial charge in [0.05, 0.1) is 24.4 Å². The van der Waals surface area contributed by atoms with Gasteiger partial charge in [0.25, 0.3) is 0 Å². The third kappa shape index (κ3) is 3.70. The van der Waals surface area contributed by atoms with E-state index in [4.69, 9.17) is 9.47 Å². The third-order valence-electron chi connectivity index (χ3n) is 6.29. The first-order valence-electron chi connectivity index (χ1n) is 10.7. The van der Waals surface area contributed by atoms with Crippen LogP contribution in [0.2, 0.25) is 0 Å². The van der Waals surface area contributed by atoms with E-state index in [1.807, 2.05) is 42.5 Å². The summed E-state index contributed by atoms with van der Waals surface area (Å²) in [5, 5.41) is 3.66. The van der Waals surface area contributed by atoms with Crippen molar-refractivity contribution in [3.8, 4) is 5.75 Å². The quantitative estimate of drug-likeness (QED) is 0.421. The van der Waals surface area contributed by atoms with Crippen LogP contribution in [0.3, 0.4) is 0 Å². The van der Waals surface area contributed by atoms with Crippen LogP contribution >= 0.6 is 0 Å². The largest absolute Gasteiger partial charge is 0.489 e. The zero-order chi connectivity index (χ0) is 21.2. The maximum absolute atomic E-state index is 12.4. The molecule has 1 aliphatic carbocycles. The molecule has 1 aliphatic heterocycles. The third-order valence-corrected chi connectivity index (χ3v) is 6.29. The number of esters is 1. The van der Waals surface area contributed by atoms with Crippen LogP contribution in [0.15, 0.2) is 84.9 Å². The second kappa shape index (κ2) is 8.31. The predicted molar refractivity (Wildman–Crippen MR) is 121 cm³/mol. The van der Waals surface area contributed by atoms with Gasteiger partial charge >= 0.3 is 5.97 Å². The fourth-order valence-electron chi connectivity index (χ4n) is 4.74. The van der Waals surface area contributed by atoms with E-state index < -0.39 is 0 Å². The lowest BCUT2D eigenvalue weighted by Gasteiger charge is -2.38. The molecule has 4 heteroatoms. The van der Waals surface area contributed by atoms with Gasteiger partial charge < -0.3 is 14.8 Å². The highest BCUT2D eigenvalue weighted by Gasteiger charge is 2.39. The molecule has 3 aromatic carbocycles. The Balaban J connectivity index is 1.40. The van der Waals surface area contributed by atoms with Gasteiger partial charge in [-0.1, -0.05) is 66.7 Å². The molecule has 3 atom stereocenters. The number of hydrogen-bond donors (Lipinski definition) is 1. The maximum atomic E-state index is 12.4. The average Bonchev–Trinajstić information content (AvgIpc) is 3.33. The topological polar surface area (TPSA) is 47.6 Å². The van der Waals surface area contributed by atoms with Gasteiger partial charge in [0, 0.05) is 5.92 Å². The molecule has 3 unspecified atom stereocenters. The van der Waals surface area contributed by atoms with E-state index >= 15 is 0 Å². The number of carbonyl (C=O) groups excluding carboxylic acids is 1. The molecule has 0 fully saturated rings. The summed E-state index contributed by atoms with van der Waals surface area (Å²) in [5.74, 6) is 1.24. The van der Waals surface area contributed by atoms with Crippen LogP contribution in [0, 0.1) is 5.92 Å². The fraction of sp³-hybridized carbons (Fsp3) is 0.222. The summed E-state index contributed by atoms with van der Waals surface area (Å²) >= 11 is 0. The number of nitrogens with one attached hydrogen (secondary N) is 1. The first-order chi connectivity index (χ1) is 15.2. The Hall–Kier alpha value is -3.53. The summed E-state index contributed by atoms with van der Waals surface area (Å²) in [7, 11) is 1.43. The van der Waals surface area contributed by atoms with Crippen molar-refractivity contribution in [2.24, 2.45) is 5.92 Å². The van der Waals surface area contributed by atoms with Crippen LogP contribution in [0.1, 0.15) is 45.4 Å². The van der Waals surface area contributed by atoms with Gasteiger partial charge in [-0.15, -0.1) is 0 Å². The minimum absolute atomic E-state index is 0.112. The summed E-state index contributed by atoms with van der Waals surface area (Å²) in [4.78, 5) is 12.4. The molecule has 4 nitrogen and oxygen atoms in total. The first kappa shape index (κ1) is 19.4. The summed E-state index contributed by atoms with van der Waals surface area (Å²) in [6, 6.07) is 24.4. The molecule has 0 bridgehead atoms. The number of methoxy groups -OCH3 is 1. The first-order valence-corrected chi connectivity index (χ1v) is 10.7. The minimum atomic E-state index is -0.312. The van der Waals surface area contributed by atoms with Crippen molar-refractivity contribution < 1.29 is 14.3 Å². The van der Waals surface area contributed by atoms with Crippen molar-refractivity contribution in [3.05, 3.63) is 107 Å². The van der Waals surface area contributed by atoms with Crippen molar-refractivity contribution in [1.82, 2.24) is 0 Å². The lowest BCUT2D eigenvalue weighted by Crippen LogP contribution is -2.30. The van der Waals surface area contributed by atoms with E-state index in [1.54, 1.807) is 0 Å². The van der Waals surface area contributed by atoms with E-state index in [9.17, 15) is 4.79 Å². The molecular weight excluding hydrogens is 386 g/mol. The Labute approximate surface area is 182 Å². The van der Waals surface area contributed by atoms with E-state index in [0.29, 0.717) is 24.0 Å². The molecular formula is C27H25NO3. The van der Waals surface area contributed by atoms with Crippen LogP contribution in [0.4, 0.5) is 5.69 Å². The monoisotopic (exact) mass is 411 g/mol. The molecule has 2 aliphatic rings. The van der Waals surface area contributed by atoms with Gasteiger partial charge in [-0.2, -0.15) is 0 Å². The molecule has 0 radical (unpaired) electrons. The molecule has 1 heterocycles. The Morgan fingerprint density at radius 3 is 2.58 bits per heavy atom. The smallest absolute Gasteiger partial charge is 0.339 e. The van der Waals surface area contributed by atoms with E-state index in [0.717, 1.165) is 23.4 Å². The zero-order valence-electron chi connectivity index (χ0n) is 17.5. The van der Waals surface area contributed by atoms with Crippen LogP contribution < -0.4 is 10.1 Å². The highest BCUT2D eigenvalue weighted by atomic mass is 16.5. The van der Waals surface area contributed by atoms with E-state index in [2.05, 4.69) is 47.8 Å². The number of rotatable bonds is 5. The Kier molecular flexibility index (Phi) is 5.21. The molecule has 0 spiro atoms. The number of fused-ring (bicyclic) bond motifs is 3. The van der Waals surface area contributed by atoms with E-state index in [-0.39, 0.29) is 12.0 Å². The van der Waals surface area contributed by atoms with Gasteiger partial charge in [0.15, 0.2) is 0 Å². The SMILES string of the molecule is COC(=O)c1cccc2c1NC(c1ccc(OCc3ccccc3)cc1)C1CC=CC21. The molecule has 0 saturated heterocycles. The lowest BCUT2D eigenvalue weighted by molar-refractivity contribution is 0.0601. The second-order valence-electron chi connectivity index (χ2n) is 8.08. The van der Waals surface area contributed by atoms with Crippen molar-refractivity contribution in [3.63, 3.8) is 0 Å². The van der Waals surface area contributed by atoms with Gasteiger partial charge in [-0.25, -0.2) is 4.79 Å². The van der Waals surface area contributed by atoms with E-state index in [1.165, 1.54) is 18.2 Å². The molecule has 5 rings (SSSR count). The standard InChI is InChI=1S/C27H25NO3/c1-30-27(29)24-12-6-11-23-21-9-5-10-22(21)25(28-26(23)24)19-13-15-20(16-14-19)31-17-18-7-3-2-4-8-18/h2-9,11-16,21-22,25,28H,10,17H2,1H3. The van der Waals surface area contributed by atoms with Gasteiger partial charge in [0.2, 0.25) is 0 Å². The summed E-state index contributed by atoms with van der Waals surface area (Å²) in [6.07, 6.45) is 5.54. The number of ether oxygens (including phenoxy) is 2. The summed E-state index contributed by atoms with van der Waals surface area (Å²) < 4.78 is 11.0. The Morgan fingerprint density at radius 2 is 1.81 bits per heavy atom. The number of allylic oxidation sites excluding steroid dienone is 2. The van der Waals surface area contributed by atoms with Crippen LogP contribution in [-0.2, 0) is 11.3 Å². The molecule has 31 heavy (non-hydrogen) atoms. The summed E-state index contributed by atoms with van der Waals surface area (Å²) in [5.41, 5.74) is 4.98. The molecule has 3 aromatic rings. The number of anilines is 1. The maximum Gasteiger partial charge on any atom is 0.339 e. The molecule has 0 amide bonds. The Bertz CT molecular complexity index is 1110. The van der Waals surface area contributed by atoms with Crippen molar-refractivity contribution >= 4 is 11.7 Å². The van der Waals surface area contributed by atoms with Gasteiger partial charge in [-0.3, -0.25) is 0 Å². The molecule has 0 saturated carbocycles. The van der Waals surface area contributed by atoms with Crippen molar-refractivity contribution in [2.45, 2.75) is 25.0 Å². The highest BCUT2D eigenvalue weighted by molar-refractivity contribution is 5.97. The predicted octanol–water partition coefficient (Wildman–Crippen LogP) is 5.88. The molecule has 0 aromatic heterocycles. The molecule has 156 valence electrons. The number of para-hydroxylation sites is 1. The highest BCUT2D eigenvalue weighted by Crippen LogP contribution is 2.50. The van der Waals surface area contributed by atoms with Gasteiger partial charge in [-0.05, 0) is 47.2 Å². The van der Waals surface area contributed by atoms with Crippen LogP contribution in [-0.4, -0.2) is 13.1 Å². The van der Waals surface area contributed by atoms with Crippen molar-refractivity contribution in [2.75, 3.05) is 12.4 Å². The zero-order valence-corrected chi connectivity index (χ0v) is 17.5. The molecule has 1 N–H and O–H groups in total. The minimum Gasteiger partial charge on any atom is -0.489 e. The average molecular weight is 412 g/mol.